The Morgan fingerprint density at radius 2 is 1.92 bits per heavy atom. The first kappa shape index (κ1) is 15.8. The van der Waals surface area contributed by atoms with Crippen LogP contribution in [-0.4, -0.2) is 30.1 Å². The van der Waals surface area contributed by atoms with Crippen molar-refractivity contribution in [3.63, 3.8) is 0 Å². The molecular formula is C19H18N2O3. The summed E-state index contributed by atoms with van der Waals surface area (Å²) >= 11 is 0. The van der Waals surface area contributed by atoms with Crippen molar-refractivity contribution in [3.05, 3.63) is 66.4 Å². The van der Waals surface area contributed by atoms with E-state index in [1.165, 1.54) is 12.5 Å². The number of nitrogens with one attached hydrogen (secondary N) is 1. The maximum absolute atomic E-state index is 11.7. The molecule has 0 aliphatic heterocycles. The number of esters is 1. The van der Waals surface area contributed by atoms with Gasteiger partial charge in [0.15, 0.2) is 0 Å². The van der Waals surface area contributed by atoms with Crippen LogP contribution in [0, 0.1) is 0 Å². The van der Waals surface area contributed by atoms with Crippen LogP contribution in [-0.2, 0) is 20.7 Å². The molecule has 2 aromatic carbocycles. The molecule has 3 aromatic rings. The second kappa shape index (κ2) is 7.00. The standard InChI is InChI=1S/C19H18N2O3/c1-24-19(23)17(20-13-22)12-14-6-8-16(9-7-14)21-11-10-15-4-2-3-5-18(15)21/h2-11,13,17H,12H2,1H3,(H,20,22). The highest BCUT2D eigenvalue weighted by atomic mass is 16.5. The number of hydrogen-bond donors (Lipinski definition) is 1. The summed E-state index contributed by atoms with van der Waals surface area (Å²) < 4.78 is 6.82. The van der Waals surface area contributed by atoms with Crippen LogP contribution in [0.15, 0.2) is 60.8 Å². The van der Waals surface area contributed by atoms with Gasteiger partial charge in [0, 0.05) is 18.3 Å². The average Bonchev–Trinajstić information content (AvgIpc) is 3.05. The molecule has 0 spiro atoms. The van der Waals surface area contributed by atoms with Gasteiger partial charge in [-0.1, -0.05) is 30.3 Å². The Labute approximate surface area is 139 Å². The Morgan fingerprint density at radius 3 is 2.62 bits per heavy atom. The number of ether oxygens (including phenoxy) is 1. The van der Waals surface area contributed by atoms with Gasteiger partial charge in [-0.05, 0) is 35.2 Å². The molecular weight excluding hydrogens is 304 g/mol. The molecule has 3 rings (SSSR count). The predicted molar refractivity (Wildman–Crippen MR) is 92.0 cm³/mol. The molecule has 5 nitrogen and oxygen atoms in total. The molecule has 24 heavy (non-hydrogen) atoms. The highest BCUT2D eigenvalue weighted by molar-refractivity contribution is 5.82. The number of fused-ring (bicyclic) bond motifs is 1. The van der Waals surface area contributed by atoms with Crippen LogP contribution in [0.25, 0.3) is 16.6 Å². The van der Waals surface area contributed by atoms with E-state index in [-0.39, 0.29) is 0 Å². The maximum atomic E-state index is 11.7. The minimum atomic E-state index is -0.675. The summed E-state index contributed by atoms with van der Waals surface area (Å²) in [6.45, 7) is 0. The molecule has 0 aliphatic carbocycles. The van der Waals surface area contributed by atoms with Crippen LogP contribution in [0.4, 0.5) is 0 Å². The highest BCUT2D eigenvalue weighted by Gasteiger charge is 2.18. The third-order valence-electron chi connectivity index (χ3n) is 4.01. The number of amides is 1. The van der Waals surface area contributed by atoms with E-state index in [0.29, 0.717) is 12.8 Å². The number of para-hydroxylation sites is 1. The van der Waals surface area contributed by atoms with Gasteiger partial charge in [-0.15, -0.1) is 0 Å². The van der Waals surface area contributed by atoms with Crippen molar-refractivity contribution in [1.82, 2.24) is 9.88 Å². The van der Waals surface area contributed by atoms with E-state index < -0.39 is 12.0 Å². The predicted octanol–water partition coefficient (Wildman–Crippen LogP) is 2.46. The molecule has 0 bridgehead atoms. The van der Waals surface area contributed by atoms with Crippen molar-refractivity contribution in [2.45, 2.75) is 12.5 Å². The summed E-state index contributed by atoms with van der Waals surface area (Å²) in [5, 5.41) is 3.67. The molecule has 1 heterocycles. The minimum Gasteiger partial charge on any atom is -0.467 e. The first-order valence-electron chi connectivity index (χ1n) is 7.66. The van der Waals surface area contributed by atoms with E-state index in [1.54, 1.807) is 0 Å². The van der Waals surface area contributed by atoms with Crippen LogP contribution in [0.2, 0.25) is 0 Å². The number of aromatic nitrogens is 1. The lowest BCUT2D eigenvalue weighted by Gasteiger charge is -2.14. The second-order valence-electron chi connectivity index (χ2n) is 5.48. The van der Waals surface area contributed by atoms with Crippen molar-refractivity contribution in [2.24, 2.45) is 0 Å². The van der Waals surface area contributed by atoms with Gasteiger partial charge >= 0.3 is 5.97 Å². The molecule has 1 amide bonds. The molecule has 0 saturated carbocycles. The number of rotatable bonds is 6. The van der Waals surface area contributed by atoms with Gasteiger partial charge in [-0.25, -0.2) is 4.79 Å². The van der Waals surface area contributed by atoms with E-state index in [0.717, 1.165) is 16.8 Å². The fourth-order valence-electron chi connectivity index (χ4n) is 2.77. The van der Waals surface area contributed by atoms with E-state index in [1.807, 2.05) is 42.6 Å². The molecule has 0 aliphatic rings. The van der Waals surface area contributed by atoms with Gasteiger partial charge in [0.2, 0.25) is 6.41 Å². The SMILES string of the molecule is COC(=O)C(Cc1ccc(-n2ccc3ccccc32)cc1)NC=O. The number of methoxy groups -OCH3 is 1. The van der Waals surface area contributed by atoms with Crippen LogP contribution >= 0.6 is 0 Å². The van der Waals surface area contributed by atoms with Gasteiger partial charge in [-0.2, -0.15) is 0 Å². The number of carbonyl (C=O) groups is 2. The summed E-state index contributed by atoms with van der Waals surface area (Å²) in [5.74, 6) is -0.456. The number of hydrogen-bond acceptors (Lipinski definition) is 3. The third-order valence-corrected chi connectivity index (χ3v) is 4.01. The first-order valence-corrected chi connectivity index (χ1v) is 7.66. The van der Waals surface area contributed by atoms with E-state index in [9.17, 15) is 9.59 Å². The third kappa shape index (κ3) is 3.15. The van der Waals surface area contributed by atoms with Gasteiger partial charge in [0.25, 0.3) is 0 Å². The molecule has 5 heteroatoms. The second-order valence-corrected chi connectivity index (χ2v) is 5.48. The zero-order chi connectivity index (χ0) is 16.9. The quantitative estimate of drug-likeness (QED) is 0.560. The smallest absolute Gasteiger partial charge is 0.328 e. The van der Waals surface area contributed by atoms with Crippen LogP contribution in [0.5, 0.6) is 0 Å². The Hall–Kier alpha value is -3.08. The molecule has 122 valence electrons. The molecule has 1 unspecified atom stereocenters. The summed E-state index contributed by atoms with van der Waals surface area (Å²) in [6.07, 6.45) is 2.94. The molecule has 1 aromatic heterocycles. The Kier molecular flexibility index (Phi) is 4.61. The summed E-state index contributed by atoms with van der Waals surface area (Å²) in [4.78, 5) is 22.3. The van der Waals surface area contributed by atoms with Crippen molar-refractivity contribution >= 4 is 23.3 Å². The fourth-order valence-corrected chi connectivity index (χ4v) is 2.77. The van der Waals surface area contributed by atoms with Crippen molar-refractivity contribution in [2.75, 3.05) is 7.11 Å². The lowest BCUT2D eigenvalue weighted by atomic mass is 10.1. The lowest BCUT2D eigenvalue weighted by molar-refractivity contribution is -0.144. The monoisotopic (exact) mass is 322 g/mol. The number of benzene rings is 2. The van der Waals surface area contributed by atoms with Crippen LogP contribution in [0.1, 0.15) is 5.56 Å². The Bertz CT molecular complexity index is 852. The topological polar surface area (TPSA) is 60.3 Å². The van der Waals surface area contributed by atoms with Crippen molar-refractivity contribution in [1.29, 1.82) is 0 Å². The molecule has 1 atom stereocenters. The van der Waals surface area contributed by atoms with Crippen LogP contribution in [0.3, 0.4) is 0 Å². The fraction of sp³-hybridized carbons (Fsp3) is 0.158. The van der Waals surface area contributed by atoms with E-state index >= 15 is 0 Å². The molecule has 1 N–H and O–H groups in total. The highest BCUT2D eigenvalue weighted by Crippen LogP contribution is 2.20. The average molecular weight is 322 g/mol. The van der Waals surface area contributed by atoms with Gasteiger partial charge < -0.3 is 14.6 Å². The maximum Gasteiger partial charge on any atom is 0.328 e. The van der Waals surface area contributed by atoms with Gasteiger partial charge in [0.1, 0.15) is 6.04 Å². The summed E-state index contributed by atoms with van der Waals surface area (Å²) in [7, 11) is 1.31. The lowest BCUT2D eigenvalue weighted by Crippen LogP contribution is -2.38. The Morgan fingerprint density at radius 1 is 1.17 bits per heavy atom. The zero-order valence-electron chi connectivity index (χ0n) is 13.3. The number of carbonyl (C=O) groups excluding carboxylic acids is 2. The minimum absolute atomic E-state index is 0.387. The van der Waals surface area contributed by atoms with Gasteiger partial charge in [0.05, 0.1) is 12.6 Å². The van der Waals surface area contributed by atoms with E-state index in [2.05, 4.69) is 28.1 Å². The number of nitrogens with zero attached hydrogens (tertiary/aromatic N) is 1. The first-order chi connectivity index (χ1) is 11.7. The van der Waals surface area contributed by atoms with Crippen molar-refractivity contribution < 1.29 is 14.3 Å². The molecule has 0 fully saturated rings. The van der Waals surface area contributed by atoms with Crippen LogP contribution < -0.4 is 5.32 Å². The molecule has 0 saturated heterocycles. The van der Waals surface area contributed by atoms with Gasteiger partial charge in [-0.3, -0.25) is 4.79 Å². The zero-order valence-corrected chi connectivity index (χ0v) is 13.3. The summed E-state index contributed by atoms with van der Waals surface area (Å²) in [6, 6.07) is 17.5. The van der Waals surface area contributed by atoms with E-state index in [4.69, 9.17) is 4.74 Å². The molecule has 0 radical (unpaired) electrons. The Balaban J connectivity index is 1.82. The largest absolute Gasteiger partial charge is 0.467 e. The normalized spacial score (nSPS) is 11.9. The summed E-state index contributed by atoms with van der Waals surface area (Å²) in [5.41, 5.74) is 3.12. The van der Waals surface area contributed by atoms with Crippen molar-refractivity contribution in [3.8, 4) is 5.69 Å².